The summed E-state index contributed by atoms with van der Waals surface area (Å²) >= 11 is 5.87. The smallest absolute Gasteiger partial charge is 0.320 e. The van der Waals surface area contributed by atoms with Gasteiger partial charge in [-0.05, 0) is 42.0 Å². The van der Waals surface area contributed by atoms with Gasteiger partial charge in [0.2, 0.25) is 10.0 Å². The highest BCUT2D eigenvalue weighted by Gasteiger charge is 2.43. The molecule has 154 valence electrons. The van der Waals surface area contributed by atoms with Crippen LogP contribution in [0.4, 0.5) is 4.79 Å². The lowest BCUT2D eigenvalue weighted by molar-refractivity contribution is 0.159. The van der Waals surface area contributed by atoms with Crippen molar-refractivity contribution in [2.24, 2.45) is 0 Å². The molecule has 0 saturated carbocycles. The van der Waals surface area contributed by atoms with E-state index in [-0.39, 0.29) is 30.1 Å². The number of piperazine rings is 1. The van der Waals surface area contributed by atoms with Gasteiger partial charge in [0.25, 0.3) is 0 Å². The largest absolute Gasteiger partial charge is 0.497 e. The van der Waals surface area contributed by atoms with Crippen LogP contribution in [0, 0.1) is 0 Å². The van der Waals surface area contributed by atoms with Gasteiger partial charge in [0, 0.05) is 37.7 Å². The van der Waals surface area contributed by atoms with Crippen molar-refractivity contribution in [1.82, 2.24) is 14.1 Å². The summed E-state index contributed by atoms with van der Waals surface area (Å²) < 4.78 is 32.5. The van der Waals surface area contributed by atoms with Crippen LogP contribution in [0.3, 0.4) is 0 Å². The van der Waals surface area contributed by atoms with Gasteiger partial charge in [0.05, 0.1) is 18.0 Å². The molecule has 0 radical (unpaired) electrons. The summed E-state index contributed by atoms with van der Waals surface area (Å²) in [4.78, 5) is 16.5. The lowest BCUT2D eigenvalue weighted by Gasteiger charge is -2.35. The Hall–Kier alpha value is -2.29. The molecule has 7 nitrogen and oxygen atoms in total. The third kappa shape index (κ3) is 3.92. The van der Waals surface area contributed by atoms with Gasteiger partial charge in [-0.2, -0.15) is 4.31 Å². The number of halogens is 1. The van der Waals surface area contributed by atoms with Crippen LogP contribution in [0.25, 0.3) is 0 Å². The average Bonchev–Trinajstić information content (AvgIpc) is 3.04. The van der Waals surface area contributed by atoms with Gasteiger partial charge in [-0.15, -0.1) is 0 Å². The predicted molar refractivity (Wildman–Crippen MR) is 110 cm³/mol. The molecule has 4 rings (SSSR count). The minimum atomic E-state index is -3.61. The topological polar surface area (TPSA) is 70.2 Å². The average molecular weight is 436 g/mol. The number of fused-ring (bicyclic) bond motifs is 1. The monoisotopic (exact) mass is 435 g/mol. The lowest BCUT2D eigenvalue weighted by atomic mass is 10.2. The van der Waals surface area contributed by atoms with Crippen LogP contribution in [-0.4, -0.2) is 67.9 Å². The Balaban J connectivity index is 1.45. The number of amides is 2. The van der Waals surface area contributed by atoms with E-state index in [9.17, 15) is 13.2 Å². The number of ether oxygens (including phenoxy) is 1. The van der Waals surface area contributed by atoms with Gasteiger partial charge in [0.1, 0.15) is 5.75 Å². The summed E-state index contributed by atoms with van der Waals surface area (Å²) in [6, 6.07) is 13.6. The maximum Gasteiger partial charge on any atom is 0.320 e. The second-order valence-corrected chi connectivity index (χ2v) is 9.55. The van der Waals surface area contributed by atoms with Crippen LogP contribution in [0.1, 0.15) is 5.56 Å². The minimum absolute atomic E-state index is 0.0469. The van der Waals surface area contributed by atoms with Crippen molar-refractivity contribution in [3.8, 4) is 5.75 Å². The Kier molecular flexibility index (Phi) is 5.42. The van der Waals surface area contributed by atoms with E-state index < -0.39 is 10.0 Å². The number of benzene rings is 2. The van der Waals surface area contributed by atoms with Gasteiger partial charge in [-0.3, -0.25) is 0 Å². The number of sulfonamides is 1. The molecular weight excluding hydrogens is 414 g/mol. The highest BCUT2D eigenvalue weighted by Crippen LogP contribution is 2.27. The number of rotatable bonds is 5. The van der Waals surface area contributed by atoms with Crippen LogP contribution in [0.5, 0.6) is 5.75 Å². The molecule has 0 bridgehead atoms. The summed E-state index contributed by atoms with van der Waals surface area (Å²) in [6.45, 7) is 1.94. The second kappa shape index (κ2) is 7.85. The molecular formula is C20H22ClN3O4S. The molecule has 2 aliphatic heterocycles. The Morgan fingerprint density at radius 2 is 1.72 bits per heavy atom. The quantitative estimate of drug-likeness (QED) is 0.724. The van der Waals surface area contributed by atoms with Crippen molar-refractivity contribution in [2.75, 3.05) is 33.3 Å². The van der Waals surface area contributed by atoms with E-state index in [1.165, 1.54) is 16.4 Å². The first-order chi connectivity index (χ1) is 13.9. The van der Waals surface area contributed by atoms with Crippen molar-refractivity contribution >= 4 is 27.7 Å². The van der Waals surface area contributed by atoms with E-state index >= 15 is 0 Å². The third-order valence-electron chi connectivity index (χ3n) is 5.38. The highest BCUT2D eigenvalue weighted by atomic mass is 35.5. The van der Waals surface area contributed by atoms with Gasteiger partial charge in [-0.25, -0.2) is 13.2 Å². The van der Waals surface area contributed by atoms with Crippen LogP contribution in [0.2, 0.25) is 5.02 Å². The fourth-order valence-electron chi connectivity index (χ4n) is 3.81. The fraction of sp³-hybridized carbons (Fsp3) is 0.350. The second-order valence-electron chi connectivity index (χ2n) is 7.18. The zero-order valence-electron chi connectivity index (χ0n) is 16.0. The highest BCUT2D eigenvalue weighted by molar-refractivity contribution is 7.89. The molecule has 2 aliphatic rings. The third-order valence-corrected chi connectivity index (χ3v) is 7.51. The van der Waals surface area contributed by atoms with Crippen LogP contribution in [-0.2, 0) is 16.6 Å². The summed E-state index contributed by atoms with van der Waals surface area (Å²) in [5.41, 5.74) is 1.00. The lowest BCUT2D eigenvalue weighted by Crippen LogP contribution is -2.53. The molecule has 0 spiro atoms. The van der Waals surface area contributed by atoms with E-state index in [0.717, 1.165) is 11.3 Å². The standard InChI is InChI=1S/C20H22ClN3O4S/c1-28-18-6-2-15(3-7-18)12-22-13-17-14-23(10-11-24(17)20(22)25)29(26,27)19-8-4-16(21)5-9-19/h2-9,17H,10-14H2,1H3. The first-order valence-corrected chi connectivity index (χ1v) is 11.1. The van der Waals surface area contributed by atoms with Crippen molar-refractivity contribution < 1.29 is 17.9 Å². The van der Waals surface area contributed by atoms with Crippen LogP contribution >= 0.6 is 11.6 Å². The summed E-state index contributed by atoms with van der Waals surface area (Å²) in [5, 5.41) is 0.490. The molecule has 2 amide bonds. The summed E-state index contributed by atoms with van der Waals surface area (Å²) in [5.74, 6) is 0.766. The minimum Gasteiger partial charge on any atom is -0.497 e. The Morgan fingerprint density at radius 3 is 2.38 bits per heavy atom. The number of carbonyl (C=O) groups is 1. The van der Waals surface area contributed by atoms with E-state index in [1.807, 2.05) is 24.3 Å². The molecule has 2 aromatic carbocycles. The Morgan fingerprint density at radius 1 is 1.03 bits per heavy atom. The van der Waals surface area contributed by atoms with Crippen molar-refractivity contribution in [1.29, 1.82) is 0 Å². The maximum atomic E-state index is 13.0. The maximum absolute atomic E-state index is 13.0. The normalized spacial score (nSPS) is 20.1. The summed E-state index contributed by atoms with van der Waals surface area (Å²) in [7, 11) is -2.00. The fourth-order valence-corrected chi connectivity index (χ4v) is 5.40. The Bertz CT molecular complexity index is 995. The van der Waals surface area contributed by atoms with Crippen molar-refractivity contribution in [2.45, 2.75) is 17.5 Å². The molecule has 1 atom stereocenters. The van der Waals surface area contributed by atoms with E-state index in [1.54, 1.807) is 29.0 Å². The molecule has 2 aromatic rings. The molecule has 9 heteroatoms. The molecule has 2 fully saturated rings. The molecule has 0 aromatic heterocycles. The molecule has 1 unspecified atom stereocenters. The zero-order valence-corrected chi connectivity index (χ0v) is 17.6. The molecule has 29 heavy (non-hydrogen) atoms. The predicted octanol–water partition coefficient (Wildman–Crippen LogP) is 2.66. The molecule has 2 heterocycles. The Labute approximate surface area is 175 Å². The van der Waals surface area contributed by atoms with Crippen LogP contribution in [0.15, 0.2) is 53.4 Å². The van der Waals surface area contributed by atoms with Crippen molar-refractivity contribution in [3.63, 3.8) is 0 Å². The van der Waals surface area contributed by atoms with Gasteiger partial charge in [0.15, 0.2) is 0 Å². The van der Waals surface area contributed by atoms with Gasteiger partial charge >= 0.3 is 6.03 Å². The number of hydrogen-bond acceptors (Lipinski definition) is 4. The van der Waals surface area contributed by atoms with Gasteiger partial charge < -0.3 is 14.5 Å². The number of urea groups is 1. The van der Waals surface area contributed by atoms with E-state index in [0.29, 0.717) is 24.7 Å². The molecule has 2 saturated heterocycles. The molecule has 0 N–H and O–H groups in total. The summed E-state index contributed by atoms with van der Waals surface area (Å²) in [6.07, 6.45) is 0. The number of carbonyl (C=O) groups excluding carboxylic acids is 1. The number of methoxy groups -OCH3 is 1. The van der Waals surface area contributed by atoms with E-state index in [4.69, 9.17) is 16.3 Å². The zero-order chi connectivity index (χ0) is 20.6. The van der Waals surface area contributed by atoms with Crippen molar-refractivity contribution in [3.05, 3.63) is 59.1 Å². The van der Waals surface area contributed by atoms with E-state index in [2.05, 4.69) is 0 Å². The SMILES string of the molecule is COc1ccc(CN2CC3CN(S(=O)(=O)c4ccc(Cl)cc4)CCN3C2=O)cc1. The van der Waals surface area contributed by atoms with Gasteiger partial charge in [-0.1, -0.05) is 23.7 Å². The first-order valence-electron chi connectivity index (χ1n) is 9.32. The first kappa shape index (κ1) is 20.0. The number of hydrogen-bond donors (Lipinski definition) is 0. The number of nitrogens with zero attached hydrogens (tertiary/aromatic N) is 3. The molecule has 0 aliphatic carbocycles. The van der Waals surface area contributed by atoms with Crippen LogP contribution < -0.4 is 4.74 Å².